The largest absolute Gasteiger partial charge is 0.399 e. The van der Waals surface area contributed by atoms with Crippen molar-refractivity contribution in [2.45, 2.75) is 6.54 Å². The van der Waals surface area contributed by atoms with Gasteiger partial charge in [0, 0.05) is 17.6 Å². The number of nitrogens with zero attached hydrogens (tertiary/aromatic N) is 2. The van der Waals surface area contributed by atoms with Gasteiger partial charge in [0.25, 0.3) is 5.91 Å². The molecule has 0 saturated carbocycles. The Kier molecular flexibility index (Phi) is 3.38. The SMILES string of the molecule is NC(=O)c1cc(N)ccc1NCc1cccnn1. The van der Waals surface area contributed by atoms with Gasteiger partial charge in [-0.15, -0.1) is 0 Å². The van der Waals surface area contributed by atoms with E-state index in [2.05, 4.69) is 15.5 Å². The molecule has 1 aromatic heterocycles. The number of rotatable bonds is 4. The van der Waals surface area contributed by atoms with Gasteiger partial charge in [0.2, 0.25) is 0 Å². The number of anilines is 2. The molecule has 2 rings (SSSR count). The van der Waals surface area contributed by atoms with E-state index in [9.17, 15) is 4.79 Å². The van der Waals surface area contributed by atoms with Crippen LogP contribution in [0, 0.1) is 0 Å². The molecular formula is C12H13N5O. The van der Waals surface area contributed by atoms with Crippen molar-refractivity contribution in [1.29, 1.82) is 0 Å². The van der Waals surface area contributed by atoms with E-state index in [1.165, 1.54) is 0 Å². The minimum atomic E-state index is -0.524. The van der Waals surface area contributed by atoms with Gasteiger partial charge in [0.15, 0.2) is 0 Å². The molecule has 0 spiro atoms. The van der Waals surface area contributed by atoms with Gasteiger partial charge in [-0.3, -0.25) is 4.79 Å². The number of benzene rings is 1. The summed E-state index contributed by atoms with van der Waals surface area (Å²) in [5.74, 6) is -0.524. The first-order valence-electron chi connectivity index (χ1n) is 5.36. The van der Waals surface area contributed by atoms with E-state index in [-0.39, 0.29) is 0 Å². The highest BCUT2D eigenvalue weighted by Gasteiger charge is 2.08. The second kappa shape index (κ2) is 5.13. The second-order valence-corrected chi connectivity index (χ2v) is 3.74. The first-order valence-corrected chi connectivity index (χ1v) is 5.36. The van der Waals surface area contributed by atoms with E-state index >= 15 is 0 Å². The zero-order valence-electron chi connectivity index (χ0n) is 9.63. The number of nitrogens with one attached hydrogen (secondary N) is 1. The number of carbonyl (C=O) groups is 1. The topological polar surface area (TPSA) is 107 Å². The van der Waals surface area contributed by atoms with E-state index in [1.807, 2.05) is 6.07 Å². The van der Waals surface area contributed by atoms with Crippen molar-refractivity contribution < 1.29 is 4.79 Å². The fourth-order valence-corrected chi connectivity index (χ4v) is 1.53. The molecular weight excluding hydrogens is 230 g/mol. The van der Waals surface area contributed by atoms with Crippen molar-refractivity contribution in [2.75, 3.05) is 11.1 Å². The lowest BCUT2D eigenvalue weighted by Gasteiger charge is -2.10. The lowest BCUT2D eigenvalue weighted by molar-refractivity contribution is 0.100. The van der Waals surface area contributed by atoms with Gasteiger partial charge >= 0.3 is 0 Å². The number of carbonyl (C=O) groups excluding carboxylic acids is 1. The average Bonchev–Trinajstić information content (AvgIpc) is 2.38. The molecule has 0 atom stereocenters. The van der Waals surface area contributed by atoms with Crippen molar-refractivity contribution in [1.82, 2.24) is 10.2 Å². The number of amides is 1. The summed E-state index contributed by atoms with van der Waals surface area (Å²) in [7, 11) is 0. The van der Waals surface area contributed by atoms with Crippen molar-refractivity contribution in [3.05, 3.63) is 47.8 Å². The minimum Gasteiger partial charge on any atom is -0.399 e. The van der Waals surface area contributed by atoms with Crippen molar-refractivity contribution in [3.8, 4) is 0 Å². The van der Waals surface area contributed by atoms with Crippen LogP contribution in [0.1, 0.15) is 16.1 Å². The Hall–Kier alpha value is -2.63. The monoisotopic (exact) mass is 243 g/mol. The average molecular weight is 243 g/mol. The molecule has 92 valence electrons. The van der Waals surface area contributed by atoms with Crippen LogP contribution in [0.3, 0.4) is 0 Å². The van der Waals surface area contributed by atoms with Crippen molar-refractivity contribution in [3.63, 3.8) is 0 Å². The minimum absolute atomic E-state index is 0.360. The Morgan fingerprint density at radius 1 is 1.33 bits per heavy atom. The first-order chi connectivity index (χ1) is 8.66. The third kappa shape index (κ3) is 2.73. The molecule has 2 aromatic rings. The van der Waals surface area contributed by atoms with Crippen LogP contribution in [0.15, 0.2) is 36.5 Å². The Bertz CT molecular complexity index is 556. The van der Waals surface area contributed by atoms with Crippen LogP contribution in [0.25, 0.3) is 0 Å². The quantitative estimate of drug-likeness (QED) is 0.687. The Morgan fingerprint density at radius 2 is 2.17 bits per heavy atom. The van der Waals surface area contributed by atoms with Gasteiger partial charge in [-0.05, 0) is 30.3 Å². The fraction of sp³-hybridized carbons (Fsp3) is 0.0833. The van der Waals surface area contributed by atoms with E-state index < -0.39 is 5.91 Å². The van der Waals surface area contributed by atoms with Gasteiger partial charge in [0.1, 0.15) is 0 Å². The molecule has 1 heterocycles. The van der Waals surface area contributed by atoms with Crippen LogP contribution >= 0.6 is 0 Å². The molecule has 1 amide bonds. The summed E-state index contributed by atoms with van der Waals surface area (Å²) in [4.78, 5) is 11.3. The fourth-order valence-electron chi connectivity index (χ4n) is 1.53. The lowest BCUT2D eigenvalue weighted by atomic mass is 10.1. The maximum Gasteiger partial charge on any atom is 0.250 e. The normalized spacial score (nSPS) is 10.0. The van der Waals surface area contributed by atoms with E-state index in [4.69, 9.17) is 11.5 Å². The molecule has 0 aliphatic carbocycles. The van der Waals surface area contributed by atoms with Crippen LogP contribution in [-0.4, -0.2) is 16.1 Å². The molecule has 0 bridgehead atoms. The maximum absolute atomic E-state index is 11.3. The zero-order chi connectivity index (χ0) is 13.0. The highest BCUT2D eigenvalue weighted by atomic mass is 16.1. The summed E-state index contributed by atoms with van der Waals surface area (Å²) in [6.45, 7) is 0.456. The lowest BCUT2D eigenvalue weighted by Crippen LogP contribution is -2.15. The highest BCUT2D eigenvalue weighted by Crippen LogP contribution is 2.18. The number of primary amides is 1. The molecule has 0 aliphatic heterocycles. The van der Waals surface area contributed by atoms with Crippen LogP contribution in [0.4, 0.5) is 11.4 Å². The molecule has 0 unspecified atom stereocenters. The molecule has 6 nitrogen and oxygen atoms in total. The predicted molar refractivity (Wildman–Crippen MR) is 68.7 cm³/mol. The van der Waals surface area contributed by atoms with Gasteiger partial charge in [0.05, 0.1) is 17.8 Å². The molecule has 0 fully saturated rings. The molecule has 5 N–H and O–H groups in total. The van der Waals surface area contributed by atoms with Gasteiger partial charge in [-0.1, -0.05) is 0 Å². The maximum atomic E-state index is 11.3. The Labute approximate surface area is 104 Å². The number of aromatic nitrogens is 2. The zero-order valence-corrected chi connectivity index (χ0v) is 9.63. The number of hydrogen-bond donors (Lipinski definition) is 3. The molecule has 18 heavy (non-hydrogen) atoms. The standard InChI is InChI=1S/C12H13N5O/c13-8-3-4-11(10(6-8)12(14)18)15-7-9-2-1-5-16-17-9/h1-6,15H,7,13H2,(H2,14,18). The summed E-state index contributed by atoms with van der Waals surface area (Å²) in [5, 5.41) is 10.8. The van der Waals surface area contributed by atoms with E-state index in [0.717, 1.165) is 5.69 Å². The van der Waals surface area contributed by atoms with E-state index in [0.29, 0.717) is 23.5 Å². The molecule has 0 radical (unpaired) electrons. The van der Waals surface area contributed by atoms with Gasteiger partial charge in [-0.25, -0.2) is 0 Å². The molecule has 1 aromatic carbocycles. The van der Waals surface area contributed by atoms with Crippen LogP contribution < -0.4 is 16.8 Å². The third-order valence-corrected chi connectivity index (χ3v) is 2.40. The number of hydrogen-bond acceptors (Lipinski definition) is 5. The summed E-state index contributed by atoms with van der Waals surface area (Å²) < 4.78 is 0. The number of nitrogens with two attached hydrogens (primary N) is 2. The smallest absolute Gasteiger partial charge is 0.250 e. The second-order valence-electron chi connectivity index (χ2n) is 3.74. The predicted octanol–water partition coefficient (Wildman–Crippen LogP) is 0.770. The summed E-state index contributed by atoms with van der Waals surface area (Å²) >= 11 is 0. The van der Waals surface area contributed by atoms with Crippen LogP contribution in [0.5, 0.6) is 0 Å². The summed E-state index contributed by atoms with van der Waals surface area (Å²) in [6, 6.07) is 8.59. The number of nitrogen functional groups attached to an aromatic ring is 1. The summed E-state index contributed by atoms with van der Waals surface area (Å²) in [6.07, 6.45) is 1.60. The molecule has 0 saturated heterocycles. The first kappa shape index (κ1) is 11.8. The molecule has 0 aliphatic rings. The molecule has 6 heteroatoms. The van der Waals surface area contributed by atoms with Crippen LogP contribution in [0.2, 0.25) is 0 Å². The van der Waals surface area contributed by atoms with Crippen molar-refractivity contribution >= 4 is 17.3 Å². The van der Waals surface area contributed by atoms with Gasteiger partial charge in [-0.2, -0.15) is 10.2 Å². The van der Waals surface area contributed by atoms with Gasteiger partial charge < -0.3 is 16.8 Å². The summed E-state index contributed by atoms with van der Waals surface area (Å²) in [5.41, 5.74) is 13.2. The highest BCUT2D eigenvalue weighted by molar-refractivity contribution is 5.99. The Balaban J connectivity index is 2.17. The Morgan fingerprint density at radius 3 is 2.83 bits per heavy atom. The van der Waals surface area contributed by atoms with Crippen LogP contribution in [-0.2, 0) is 6.54 Å². The van der Waals surface area contributed by atoms with E-state index in [1.54, 1.807) is 30.5 Å². The third-order valence-electron chi connectivity index (χ3n) is 2.40. The van der Waals surface area contributed by atoms with Crippen molar-refractivity contribution in [2.24, 2.45) is 5.73 Å².